The number of hydrogen-bond acceptors (Lipinski definition) is 7. The molecule has 1 N–H and O–H groups in total. The highest BCUT2D eigenvalue weighted by Crippen LogP contribution is 2.24. The van der Waals surface area contributed by atoms with E-state index in [9.17, 15) is 4.79 Å². The number of aromatic nitrogens is 3. The summed E-state index contributed by atoms with van der Waals surface area (Å²) in [6.45, 7) is 0.349. The van der Waals surface area contributed by atoms with Gasteiger partial charge in [0.1, 0.15) is 12.4 Å². The van der Waals surface area contributed by atoms with Gasteiger partial charge in [0, 0.05) is 37.0 Å². The lowest BCUT2D eigenvalue weighted by atomic mass is 10.2. The molecule has 0 radical (unpaired) electrons. The van der Waals surface area contributed by atoms with Gasteiger partial charge in [-0.2, -0.15) is 0 Å². The van der Waals surface area contributed by atoms with Crippen LogP contribution in [0.25, 0.3) is 11.3 Å². The Labute approximate surface area is 185 Å². The Morgan fingerprint density at radius 2 is 1.84 bits per heavy atom. The van der Waals surface area contributed by atoms with Gasteiger partial charge in [-0.1, -0.05) is 0 Å². The monoisotopic (exact) mass is 430 g/mol. The largest absolute Gasteiger partial charge is 0.497 e. The molecule has 0 saturated carbocycles. The fourth-order valence-electron chi connectivity index (χ4n) is 2.97. The highest BCUT2D eigenvalue weighted by molar-refractivity contribution is 5.91. The van der Waals surface area contributed by atoms with Crippen LogP contribution in [0.2, 0.25) is 0 Å². The molecule has 162 valence electrons. The Balaban J connectivity index is 1.32. The van der Waals surface area contributed by atoms with Gasteiger partial charge in [-0.05, 0) is 54.1 Å². The predicted molar refractivity (Wildman–Crippen MR) is 118 cm³/mol. The zero-order valence-electron chi connectivity index (χ0n) is 17.5. The highest BCUT2D eigenvalue weighted by atomic mass is 16.5. The zero-order valence-corrected chi connectivity index (χ0v) is 17.5. The zero-order chi connectivity index (χ0) is 22.2. The van der Waals surface area contributed by atoms with E-state index in [1.807, 2.05) is 36.4 Å². The number of pyridine rings is 2. The summed E-state index contributed by atoms with van der Waals surface area (Å²) in [4.78, 5) is 24.9. The molecule has 0 bridgehead atoms. The van der Waals surface area contributed by atoms with Crippen molar-refractivity contribution in [3.8, 4) is 22.8 Å². The van der Waals surface area contributed by atoms with Gasteiger partial charge in [0.15, 0.2) is 23.2 Å². The summed E-state index contributed by atoms with van der Waals surface area (Å²) in [6.07, 6.45) is 7.22. The van der Waals surface area contributed by atoms with Gasteiger partial charge in [-0.25, -0.2) is 9.97 Å². The second-order valence-electron chi connectivity index (χ2n) is 6.89. The van der Waals surface area contributed by atoms with Crippen LogP contribution in [0.1, 0.15) is 17.9 Å². The van der Waals surface area contributed by atoms with Crippen LogP contribution in [-0.4, -0.2) is 28.0 Å². The first-order valence-corrected chi connectivity index (χ1v) is 10.1. The third kappa shape index (κ3) is 5.48. The lowest BCUT2D eigenvalue weighted by molar-refractivity contribution is -0.116. The van der Waals surface area contributed by atoms with Crippen molar-refractivity contribution in [2.45, 2.75) is 19.4 Å². The molecule has 0 saturated heterocycles. The summed E-state index contributed by atoms with van der Waals surface area (Å²) in [5.74, 6) is 2.56. The average Bonchev–Trinajstić information content (AvgIpc) is 3.32. The number of nitrogens with one attached hydrogen (secondary N) is 1. The van der Waals surface area contributed by atoms with Gasteiger partial charge in [-0.15, -0.1) is 0 Å². The third-order valence-corrected chi connectivity index (χ3v) is 4.67. The second kappa shape index (κ2) is 10.2. The molecule has 0 spiro atoms. The molecule has 0 atom stereocenters. The molecular weight excluding hydrogens is 408 g/mol. The molecule has 4 rings (SSSR count). The maximum Gasteiger partial charge on any atom is 0.226 e. The Bertz CT molecular complexity index is 1160. The van der Waals surface area contributed by atoms with E-state index in [2.05, 4.69) is 20.3 Å². The number of oxazole rings is 1. The molecule has 8 nitrogen and oxygen atoms in total. The van der Waals surface area contributed by atoms with E-state index in [0.717, 1.165) is 16.9 Å². The highest BCUT2D eigenvalue weighted by Gasteiger charge is 2.12. The normalized spacial score (nSPS) is 10.5. The molecule has 0 aliphatic carbocycles. The Morgan fingerprint density at radius 3 is 2.62 bits per heavy atom. The van der Waals surface area contributed by atoms with Crippen molar-refractivity contribution in [2.75, 3.05) is 12.4 Å². The minimum Gasteiger partial charge on any atom is -0.497 e. The van der Waals surface area contributed by atoms with Gasteiger partial charge >= 0.3 is 0 Å². The minimum absolute atomic E-state index is 0.197. The first kappa shape index (κ1) is 21.0. The summed E-state index contributed by atoms with van der Waals surface area (Å²) >= 11 is 0. The molecule has 8 heteroatoms. The lowest BCUT2D eigenvalue weighted by Crippen LogP contribution is -2.14. The molecule has 3 heterocycles. The predicted octanol–water partition coefficient (Wildman–Crippen LogP) is 4.29. The molecule has 3 aromatic heterocycles. The number of ether oxygens (including phenoxy) is 2. The quantitative estimate of drug-likeness (QED) is 0.423. The van der Waals surface area contributed by atoms with Crippen molar-refractivity contribution in [3.63, 3.8) is 0 Å². The number of nitrogens with zero attached hydrogens (tertiary/aromatic N) is 3. The summed E-state index contributed by atoms with van der Waals surface area (Å²) < 4.78 is 16.8. The molecule has 0 fully saturated rings. The molecule has 0 aliphatic heterocycles. The van der Waals surface area contributed by atoms with Crippen LogP contribution in [-0.2, 0) is 17.8 Å². The van der Waals surface area contributed by atoms with Crippen molar-refractivity contribution in [2.24, 2.45) is 0 Å². The van der Waals surface area contributed by atoms with E-state index in [0.29, 0.717) is 36.2 Å². The number of carbonyl (C=O) groups is 1. The van der Waals surface area contributed by atoms with Gasteiger partial charge in [-0.3, -0.25) is 9.78 Å². The van der Waals surface area contributed by atoms with E-state index in [-0.39, 0.29) is 12.3 Å². The molecule has 0 unspecified atom stereocenters. The second-order valence-corrected chi connectivity index (χ2v) is 6.89. The molecule has 32 heavy (non-hydrogen) atoms. The smallest absolute Gasteiger partial charge is 0.226 e. The number of amides is 1. The van der Waals surface area contributed by atoms with Gasteiger partial charge in [0.25, 0.3) is 0 Å². The van der Waals surface area contributed by atoms with E-state index < -0.39 is 0 Å². The Hall–Kier alpha value is -4.20. The van der Waals surface area contributed by atoms with Crippen LogP contribution in [0.5, 0.6) is 11.5 Å². The average molecular weight is 430 g/mol. The number of hydrogen-bond donors (Lipinski definition) is 1. The molecule has 1 aromatic carbocycles. The number of aryl methyl sites for hydroxylation is 1. The number of rotatable bonds is 9. The van der Waals surface area contributed by atoms with Crippen LogP contribution < -0.4 is 14.8 Å². The lowest BCUT2D eigenvalue weighted by Gasteiger charge is -2.11. The van der Waals surface area contributed by atoms with Crippen LogP contribution in [0.15, 0.2) is 77.7 Å². The van der Waals surface area contributed by atoms with E-state index in [4.69, 9.17) is 13.9 Å². The number of carbonyl (C=O) groups excluding carboxylic acids is 1. The minimum atomic E-state index is -0.207. The van der Waals surface area contributed by atoms with Crippen LogP contribution in [0, 0.1) is 0 Å². The van der Waals surface area contributed by atoms with Crippen molar-refractivity contribution >= 4 is 11.7 Å². The molecular formula is C24H22N4O4. The van der Waals surface area contributed by atoms with Crippen LogP contribution in [0.3, 0.4) is 0 Å². The standard InChI is InChI=1S/C24H22N4O4/c1-30-19-6-4-18(5-7-19)21-15-27-23(32-21)9-8-22(29)28-24-20(3-2-12-26-24)31-16-17-10-13-25-14-11-17/h2-7,10-15H,8-9,16H2,1H3,(H,26,28,29). The summed E-state index contributed by atoms with van der Waals surface area (Å²) in [5, 5.41) is 2.80. The van der Waals surface area contributed by atoms with Crippen molar-refractivity contribution < 1.29 is 18.7 Å². The fraction of sp³-hybridized carbons (Fsp3) is 0.167. The summed E-state index contributed by atoms with van der Waals surface area (Å²) in [7, 11) is 1.62. The van der Waals surface area contributed by atoms with E-state index in [1.54, 1.807) is 44.0 Å². The van der Waals surface area contributed by atoms with E-state index >= 15 is 0 Å². The van der Waals surface area contributed by atoms with Crippen molar-refractivity contribution in [1.82, 2.24) is 15.0 Å². The van der Waals surface area contributed by atoms with Crippen molar-refractivity contribution in [3.05, 3.63) is 84.8 Å². The van der Waals surface area contributed by atoms with Crippen LogP contribution >= 0.6 is 0 Å². The van der Waals surface area contributed by atoms with Gasteiger partial charge in [0.05, 0.1) is 13.3 Å². The van der Waals surface area contributed by atoms with Gasteiger partial charge < -0.3 is 19.2 Å². The number of benzene rings is 1. The van der Waals surface area contributed by atoms with Crippen LogP contribution in [0.4, 0.5) is 5.82 Å². The number of methoxy groups -OCH3 is 1. The summed E-state index contributed by atoms with van der Waals surface area (Å²) in [5.41, 5.74) is 1.86. The maximum absolute atomic E-state index is 12.5. The Morgan fingerprint density at radius 1 is 1.03 bits per heavy atom. The number of anilines is 1. The Kier molecular flexibility index (Phi) is 6.72. The molecule has 1 amide bonds. The topological polar surface area (TPSA) is 99.4 Å². The SMILES string of the molecule is COc1ccc(-c2cnc(CCC(=O)Nc3ncccc3OCc3ccncc3)o2)cc1. The maximum atomic E-state index is 12.5. The first-order valence-electron chi connectivity index (χ1n) is 10.1. The fourth-order valence-corrected chi connectivity index (χ4v) is 2.97. The van der Waals surface area contributed by atoms with E-state index in [1.165, 1.54) is 0 Å². The van der Waals surface area contributed by atoms with Crippen molar-refractivity contribution in [1.29, 1.82) is 0 Å². The first-order chi connectivity index (χ1) is 15.7. The van der Waals surface area contributed by atoms with Gasteiger partial charge in [0.2, 0.25) is 5.91 Å². The third-order valence-electron chi connectivity index (χ3n) is 4.67. The summed E-state index contributed by atoms with van der Waals surface area (Å²) in [6, 6.07) is 14.7. The molecule has 4 aromatic rings. The molecule has 0 aliphatic rings.